The molecule has 2 aliphatic heterocycles. The highest BCUT2D eigenvalue weighted by molar-refractivity contribution is 6.03. The molecule has 5 rings (SSSR count). The molecule has 0 amide bonds. The summed E-state index contributed by atoms with van der Waals surface area (Å²) < 4.78 is 0. The molecule has 0 radical (unpaired) electrons. The second-order valence-corrected chi connectivity index (χ2v) is 8.60. The van der Waals surface area contributed by atoms with Gasteiger partial charge in [-0.05, 0) is 37.8 Å². The lowest BCUT2D eigenvalue weighted by Crippen LogP contribution is -2.40. The van der Waals surface area contributed by atoms with Crippen LogP contribution in [0.2, 0.25) is 0 Å². The number of nitrogens with two attached hydrogens (primary N) is 1. The molecule has 2 aromatic rings. The summed E-state index contributed by atoms with van der Waals surface area (Å²) in [6.45, 7) is 10.7. The standard InChI is InChI=1S/C25H28N4/c1-4-18-9-5-6-12-21(18)27-23(26)20-11-7-10-19-17(3)29-16(2)15-25(13-8-14-25)24(29)28-22(19)20/h4-7,9-12,16,23,27H,1,3,8,13-15,26H2,2H3. The summed E-state index contributed by atoms with van der Waals surface area (Å²) in [6, 6.07) is 14.8. The van der Waals surface area contributed by atoms with Gasteiger partial charge in [0.2, 0.25) is 0 Å². The lowest BCUT2D eigenvalue weighted by atomic mass is 9.66. The van der Waals surface area contributed by atoms with Crippen LogP contribution in [0.1, 0.15) is 55.5 Å². The number of nitrogens with zero attached hydrogens (tertiary/aromatic N) is 2. The zero-order chi connectivity index (χ0) is 20.2. The van der Waals surface area contributed by atoms with Gasteiger partial charge >= 0.3 is 0 Å². The number of hydrogen-bond donors (Lipinski definition) is 2. The molecule has 4 heteroatoms. The summed E-state index contributed by atoms with van der Waals surface area (Å²) in [5.74, 6) is 1.21. The van der Waals surface area contributed by atoms with E-state index in [-0.39, 0.29) is 11.6 Å². The molecule has 1 saturated carbocycles. The largest absolute Gasteiger partial charge is 0.366 e. The van der Waals surface area contributed by atoms with Crippen LogP contribution in [-0.4, -0.2) is 16.8 Å². The second kappa shape index (κ2) is 6.60. The SMILES string of the molecule is C=Cc1ccccc1NC(N)c1cccc2c1N=C1N(C2=C)C(C)CC12CCC2. The van der Waals surface area contributed by atoms with Crippen molar-refractivity contribution in [3.05, 3.63) is 72.3 Å². The summed E-state index contributed by atoms with van der Waals surface area (Å²) in [6.07, 6.45) is 6.40. The number of anilines is 1. The molecule has 1 saturated heterocycles. The van der Waals surface area contributed by atoms with Crippen molar-refractivity contribution in [2.75, 3.05) is 5.32 Å². The summed E-state index contributed by atoms with van der Waals surface area (Å²) in [5, 5.41) is 3.45. The zero-order valence-corrected chi connectivity index (χ0v) is 17.0. The van der Waals surface area contributed by atoms with E-state index in [9.17, 15) is 0 Å². The molecule has 3 aliphatic rings. The number of para-hydroxylation sites is 2. The number of aliphatic imine (C=N–C) groups is 1. The third-order valence-corrected chi connectivity index (χ3v) is 6.85. The first-order valence-electron chi connectivity index (χ1n) is 10.5. The average molecular weight is 385 g/mol. The van der Waals surface area contributed by atoms with Gasteiger partial charge in [-0.2, -0.15) is 0 Å². The third-order valence-electron chi connectivity index (χ3n) is 6.85. The van der Waals surface area contributed by atoms with E-state index in [0.29, 0.717) is 6.04 Å². The highest BCUT2D eigenvalue weighted by atomic mass is 15.3. The minimum atomic E-state index is -0.370. The van der Waals surface area contributed by atoms with Gasteiger partial charge in [0.1, 0.15) is 12.0 Å². The first kappa shape index (κ1) is 18.2. The highest BCUT2D eigenvalue weighted by Crippen LogP contribution is 2.56. The summed E-state index contributed by atoms with van der Waals surface area (Å²) in [4.78, 5) is 7.60. The number of nitrogens with one attached hydrogen (secondary N) is 1. The van der Waals surface area contributed by atoms with Crippen molar-refractivity contribution in [1.82, 2.24) is 4.90 Å². The molecule has 29 heavy (non-hydrogen) atoms. The Kier molecular flexibility index (Phi) is 4.14. The fraction of sp³-hybridized carbons (Fsp3) is 0.320. The molecule has 3 N–H and O–H groups in total. The first-order chi connectivity index (χ1) is 14.0. The molecule has 2 aromatic carbocycles. The molecule has 1 spiro atoms. The minimum Gasteiger partial charge on any atom is -0.366 e. The van der Waals surface area contributed by atoms with Crippen LogP contribution >= 0.6 is 0 Å². The maximum Gasteiger partial charge on any atom is 0.116 e. The average Bonchev–Trinajstić information content (AvgIpc) is 3.01. The topological polar surface area (TPSA) is 53.6 Å². The van der Waals surface area contributed by atoms with Crippen LogP contribution in [0.4, 0.5) is 11.4 Å². The monoisotopic (exact) mass is 384 g/mol. The van der Waals surface area contributed by atoms with Gasteiger partial charge < -0.3 is 16.0 Å². The molecular weight excluding hydrogens is 356 g/mol. The molecule has 2 heterocycles. The fourth-order valence-corrected chi connectivity index (χ4v) is 5.27. The van der Waals surface area contributed by atoms with E-state index >= 15 is 0 Å². The Morgan fingerprint density at radius 3 is 2.76 bits per heavy atom. The fourth-order valence-electron chi connectivity index (χ4n) is 5.27. The Morgan fingerprint density at radius 2 is 2.03 bits per heavy atom. The van der Waals surface area contributed by atoms with Crippen molar-refractivity contribution in [3.8, 4) is 0 Å². The van der Waals surface area contributed by atoms with Crippen LogP contribution in [0.5, 0.6) is 0 Å². The molecule has 2 fully saturated rings. The minimum absolute atomic E-state index is 0.236. The van der Waals surface area contributed by atoms with E-state index in [4.69, 9.17) is 10.7 Å². The maximum atomic E-state index is 6.64. The van der Waals surface area contributed by atoms with Gasteiger partial charge in [-0.25, -0.2) is 4.99 Å². The Hall–Kier alpha value is -2.85. The normalized spacial score (nSPS) is 22.4. The Morgan fingerprint density at radius 1 is 1.24 bits per heavy atom. The molecule has 1 aliphatic carbocycles. The van der Waals surface area contributed by atoms with Crippen molar-refractivity contribution >= 4 is 29.0 Å². The smallest absolute Gasteiger partial charge is 0.116 e. The Bertz CT molecular complexity index is 1030. The van der Waals surface area contributed by atoms with Crippen LogP contribution < -0.4 is 11.1 Å². The Balaban J connectivity index is 1.56. The van der Waals surface area contributed by atoms with Crippen molar-refractivity contribution in [2.24, 2.45) is 16.1 Å². The van der Waals surface area contributed by atoms with Crippen molar-refractivity contribution in [1.29, 1.82) is 0 Å². The van der Waals surface area contributed by atoms with E-state index in [0.717, 1.165) is 33.8 Å². The molecule has 2 unspecified atom stereocenters. The van der Waals surface area contributed by atoms with Gasteiger partial charge in [0.15, 0.2) is 0 Å². The lowest BCUT2D eigenvalue weighted by molar-refractivity contribution is 0.225. The number of amidine groups is 1. The van der Waals surface area contributed by atoms with Crippen LogP contribution in [0, 0.1) is 5.41 Å². The van der Waals surface area contributed by atoms with Crippen molar-refractivity contribution in [2.45, 2.75) is 44.8 Å². The van der Waals surface area contributed by atoms with Gasteiger partial charge in [-0.15, -0.1) is 0 Å². The van der Waals surface area contributed by atoms with Gasteiger partial charge in [-0.1, -0.05) is 62.1 Å². The van der Waals surface area contributed by atoms with Gasteiger partial charge in [0, 0.05) is 34.0 Å². The Labute approximate surface area is 172 Å². The molecular formula is C25H28N4. The number of benzene rings is 2. The lowest BCUT2D eigenvalue weighted by Gasteiger charge is -2.41. The van der Waals surface area contributed by atoms with Gasteiger partial charge in [0.05, 0.1) is 5.69 Å². The molecule has 148 valence electrons. The summed E-state index contributed by atoms with van der Waals surface area (Å²) in [7, 11) is 0. The quantitative estimate of drug-likeness (QED) is 0.667. The molecule has 4 nitrogen and oxygen atoms in total. The summed E-state index contributed by atoms with van der Waals surface area (Å²) in [5.41, 5.74) is 13.0. The van der Waals surface area contributed by atoms with Crippen LogP contribution in [-0.2, 0) is 0 Å². The van der Waals surface area contributed by atoms with E-state index < -0.39 is 0 Å². The maximum absolute atomic E-state index is 6.64. The number of hydrogen-bond acceptors (Lipinski definition) is 4. The van der Waals surface area contributed by atoms with Gasteiger partial charge in [0.25, 0.3) is 0 Å². The molecule has 0 aromatic heterocycles. The van der Waals surface area contributed by atoms with Crippen LogP contribution in [0.3, 0.4) is 0 Å². The van der Waals surface area contributed by atoms with E-state index in [1.165, 1.54) is 31.5 Å². The van der Waals surface area contributed by atoms with E-state index in [1.807, 2.05) is 30.3 Å². The van der Waals surface area contributed by atoms with Crippen LogP contribution in [0.25, 0.3) is 11.8 Å². The first-order valence-corrected chi connectivity index (χ1v) is 10.5. The zero-order valence-electron chi connectivity index (χ0n) is 17.0. The molecule has 2 atom stereocenters. The number of rotatable bonds is 4. The predicted molar refractivity (Wildman–Crippen MR) is 122 cm³/mol. The van der Waals surface area contributed by atoms with Crippen molar-refractivity contribution in [3.63, 3.8) is 0 Å². The summed E-state index contributed by atoms with van der Waals surface area (Å²) >= 11 is 0. The third kappa shape index (κ3) is 2.66. The predicted octanol–water partition coefficient (Wildman–Crippen LogP) is 5.68. The van der Waals surface area contributed by atoms with Gasteiger partial charge in [-0.3, -0.25) is 0 Å². The second-order valence-electron chi connectivity index (χ2n) is 8.60. The molecule has 0 bridgehead atoms. The number of fused-ring (bicyclic) bond motifs is 3. The van der Waals surface area contributed by atoms with Crippen LogP contribution in [0.15, 0.2) is 60.6 Å². The highest BCUT2D eigenvalue weighted by Gasteiger charge is 2.53. The van der Waals surface area contributed by atoms with E-state index in [1.54, 1.807) is 0 Å². The van der Waals surface area contributed by atoms with E-state index in [2.05, 4.69) is 48.5 Å². The van der Waals surface area contributed by atoms with Crippen molar-refractivity contribution < 1.29 is 0 Å².